The quantitative estimate of drug-likeness (QED) is 0.812. The van der Waals surface area contributed by atoms with Crippen LogP contribution in [0.15, 0.2) is 30.6 Å². The van der Waals surface area contributed by atoms with Crippen LogP contribution in [0, 0.1) is 0 Å². The van der Waals surface area contributed by atoms with E-state index in [9.17, 15) is 0 Å². The Morgan fingerprint density at radius 1 is 1.33 bits per heavy atom. The standard InChI is InChI=1S/C14H21N3O/c1-2-3-7-16(9-10-18)12-13-11-15-14-6-4-5-8-17(13)14/h4-6,8,11,18H,2-3,7,9-10,12H2,1H3. The molecule has 0 aliphatic heterocycles. The molecule has 0 unspecified atom stereocenters. The van der Waals surface area contributed by atoms with E-state index in [0.29, 0.717) is 0 Å². The van der Waals surface area contributed by atoms with Crippen LogP contribution in [0.4, 0.5) is 0 Å². The summed E-state index contributed by atoms with van der Waals surface area (Å²) in [7, 11) is 0. The van der Waals surface area contributed by atoms with Crippen molar-refractivity contribution >= 4 is 5.65 Å². The van der Waals surface area contributed by atoms with Gasteiger partial charge in [0.05, 0.1) is 18.5 Å². The van der Waals surface area contributed by atoms with Crippen molar-refractivity contribution in [2.24, 2.45) is 0 Å². The number of rotatable bonds is 7. The fourth-order valence-corrected chi connectivity index (χ4v) is 2.12. The van der Waals surface area contributed by atoms with Crippen LogP contribution in [0.25, 0.3) is 5.65 Å². The van der Waals surface area contributed by atoms with E-state index in [-0.39, 0.29) is 6.61 Å². The lowest BCUT2D eigenvalue weighted by Crippen LogP contribution is -2.28. The third-order valence-corrected chi connectivity index (χ3v) is 3.12. The first-order valence-electron chi connectivity index (χ1n) is 6.59. The molecular weight excluding hydrogens is 226 g/mol. The second kappa shape index (κ2) is 6.52. The van der Waals surface area contributed by atoms with Gasteiger partial charge < -0.3 is 9.51 Å². The van der Waals surface area contributed by atoms with Crippen LogP contribution in [0.1, 0.15) is 25.5 Å². The molecule has 2 aromatic rings. The van der Waals surface area contributed by atoms with Crippen molar-refractivity contribution in [1.29, 1.82) is 0 Å². The van der Waals surface area contributed by atoms with E-state index in [1.54, 1.807) is 0 Å². The van der Waals surface area contributed by atoms with E-state index in [2.05, 4.69) is 21.2 Å². The molecule has 18 heavy (non-hydrogen) atoms. The maximum Gasteiger partial charge on any atom is 0.136 e. The first-order valence-corrected chi connectivity index (χ1v) is 6.59. The van der Waals surface area contributed by atoms with Crippen molar-refractivity contribution in [2.45, 2.75) is 26.3 Å². The molecule has 4 heteroatoms. The third-order valence-electron chi connectivity index (χ3n) is 3.12. The van der Waals surface area contributed by atoms with Crippen LogP contribution < -0.4 is 0 Å². The van der Waals surface area contributed by atoms with E-state index in [4.69, 9.17) is 5.11 Å². The van der Waals surface area contributed by atoms with Gasteiger partial charge in [-0.3, -0.25) is 4.90 Å². The number of unbranched alkanes of at least 4 members (excludes halogenated alkanes) is 1. The van der Waals surface area contributed by atoms with Gasteiger partial charge in [0.1, 0.15) is 5.65 Å². The molecule has 0 aromatic carbocycles. The number of aromatic nitrogens is 2. The Labute approximate surface area is 108 Å². The Balaban J connectivity index is 2.10. The molecule has 98 valence electrons. The normalized spacial score (nSPS) is 11.5. The molecule has 1 N–H and O–H groups in total. The predicted octanol–water partition coefficient (Wildman–Crippen LogP) is 1.93. The molecule has 0 aliphatic carbocycles. The molecule has 0 saturated carbocycles. The average Bonchev–Trinajstić information content (AvgIpc) is 2.80. The number of hydrogen-bond acceptors (Lipinski definition) is 3. The molecule has 0 amide bonds. The molecule has 2 heterocycles. The largest absolute Gasteiger partial charge is 0.395 e. The zero-order valence-electron chi connectivity index (χ0n) is 10.9. The number of nitrogens with zero attached hydrogens (tertiary/aromatic N) is 3. The topological polar surface area (TPSA) is 40.8 Å². The van der Waals surface area contributed by atoms with Gasteiger partial charge in [0, 0.05) is 19.3 Å². The molecule has 0 aliphatic rings. The molecule has 0 bridgehead atoms. The highest BCUT2D eigenvalue weighted by molar-refractivity contribution is 5.39. The Bertz CT molecular complexity index is 481. The third kappa shape index (κ3) is 3.09. The van der Waals surface area contributed by atoms with Gasteiger partial charge in [0.25, 0.3) is 0 Å². The number of aliphatic hydroxyl groups excluding tert-OH is 1. The number of hydrogen-bond donors (Lipinski definition) is 1. The van der Waals surface area contributed by atoms with Gasteiger partial charge in [-0.25, -0.2) is 4.98 Å². The summed E-state index contributed by atoms with van der Waals surface area (Å²) in [5.41, 5.74) is 2.15. The first kappa shape index (κ1) is 13.1. The van der Waals surface area contributed by atoms with Gasteiger partial charge in [-0.05, 0) is 25.1 Å². The van der Waals surface area contributed by atoms with Gasteiger partial charge in [0.2, 0.25) is 0 Å². The highest BCUT2D eigenvalue weighted by Gasteiger charge is 2.08. The minimum Gasteiger partial charge on any atom is -0.395 e. The highest BCUT2D eigenvalue weighted by Crippen LogP contribution is 2.09. The smallest absolute Gasteiger partial charge is 0.136 e. The van der Waals surface area contributed by atoms with Crippen molar-refractivity contribution in [3.63, 3.8) is 0 Å². The molecule has 0 saturated heterocycles. The van der Waals surface area contributed by atoms with Gasteiger partial charge in [-0.2, -0.15) is 0 Å². The Hall–Kier alpha value is -1.39. The Morgan fingerprint density at radius 3 is 3.00 bits per heavy atom. The van der Waals surface area contributed by atoms with E-state index in [1.165, 1.54) is 12.1 Å². The van der Waals surface area contributed by atoms with Gasteiger partial charge >= 0.3 is 0 Å². The average molecular weight is 247 g/mol. The number of pyridine rings is 1. The molecule has 0 spiro atoms. The highest BCUT2D eigenvalue weighted by atomic mass is 16.3. The van der Waals surface area contributed by atoms with Crippen LogP contribution in [0.2, 0.25) is 0 Å². The Morgan fingerprint density at radius 2 is 2.22 bits per heavy atom. The molecular formula is C14H21N3O. The van der Waals surface area contributed by atoms with Crippen LogP contribution in [-0.4, -0.2) is 39.1 Å². The lowest BCUT2D eigenvalue weighted by atomic mass is 10.3. The summed E-state index contributed by atoms with van der Waals surface area (Å²) >= 11 is 0. The van der Waals surface area contributed by atoms with Crippen molar-refractivity contribution in [3.05, 3.63) is 36.3 Å². The van der Waals surface area contributed by atoms with Crippen molar-refractivity contribution in [1.82, 2.24) is 14.3 Å². The summed E-state index contributed by atoms with van der Waals surface area (Å²) in [6.07, 6.45) is 6.30. The number of aliphatic hydroxyl groups is 1. The maximum absolute atomic E-state index is 9.11. The fraction of sp³-hybridized carbons (Fsp3) is 0.500. The summed E-state index contributed by atoms with van der Waals surface area (Å²) in [5, 5.41) is 9.11. The molecule has 4 nitrogen and oxygen atoms in total. The van der Waals surface area contributed by atoms with E-state index in [0.717, 1.165) is 31.7 Å². The summed E-state index contributed by atoms with van der Waals surface area (Å²) in [6, 6.07) is 6.02. The molecule has 0 radical (unpaired) electrons. The van der Waals surface area contributed by atoms with Crippen molar-refractivity contribution in [2.75, 3.05) is 19.7 Å². The first-order chi connectivity index (χ1) is 8.85. The second-order valence-electron chi connectivity index (χ2n) is 4.53. The monoisotopic (exact) mass is 247 g/mol. The van der Waals surface area contributed by atoms with E-state index < -0.39 is 0 Å². The number of fused-ring (bicyclic) bond motifs is 1. The zero-order valence-corrected chi connectivity index (χ0v) is 10.9. The van der Waals surface area contributed by atoms with Crippen LogP contribution in [0.5, 0.6) is 0 Å². The van der Waals surface area contributed by atoms with Crippen LogP contribution in [0.3, 0.4) is 0 Å². The van der Waals surface area contributed by atoms with Crippen molar-refractivity contribution in [3.8, 4) is 0 Å². The fourth-order valence-electron chi connectivity index (χ4n) is 2.12. The van der Waals surface area contributed by atoms with Crippen LogP contribution >= 0.6 is 0 Å². The van der Waals surface area contributed by atoms with E-state index in [1.807, 2.05) is 30.6 Å². The minimum atomic E-state index is 0.209. The molecule has 0 atom stereocenters. The Kier molecular flexibility index (Phi) is 4.73. The van der Waals surface area contributed by atoms with E-state index >= 15 is 0 Å². The number of imidazole rings is 1. The van der Waals surface area contributed by atoms with Crippen LogP contribution in [-0.2, 0) is 6.54 Å². The van der Waals surface area contributed by atoms with Crippen molar-refractivity contribution < 1.29 is 5.11 Å². The lowest BCUT2D eigenvalue weighted by Gasteiger charge is -2.20. The summed E-state index contributed by atoms with van der Waals surface area (Å²) in [5.74, 6) is 0. The van der Waals surface area contributed by atoms with Gasteiger partial charge in [-0.15, -0.1) is 0 Å². The molecule has 2 aromatic heterocycles. The predicted molar refractivity (Wildman–Crippen MR) is 72.5 cm³/mol. The molecule has 2 rings (SSSR count). The maximum atomic E-state index is 9.11. The van der Waals surface area contributed by atoms with Gasteiger partial charge in [-0.1, -0.05) is 19.4 Å². The summed E-state index contributed by atoms with van der Waals surface area (Å²) in [6.45, 7) is 4.98. The lowest BCUT2D eigenvalue weighted by molar-refractivity contribution is 0.186. The minimum absolute atomic E-state index is 0.209. The van der Waals surface area contributed by atoms with Gasteiger partial charge in [0.15, 0.2) is 0 Å². The SMILES string of the molecule is CCCCN(CCO)Cc1cnc2ccccn12. The second-order valence-corrected chi connectivity index (χ2v) is 4.53. The summed E-state index contributed by atoms with van der Waals surface area (Å²) < 4.78 is 2.11. The molecule has 0 fully saturated rings. The summed E-state index contributed by atoms with van der Waals surface area (Å²) in [4.78, 5) is 6.66. The zero-order chi connectivity index (χ0) is 12.8.